The number of carbonyl (C=O) groups is 2. The van der Waals surface area contributed by atoms with E-state index in [1.165, 1.54) is 29.2 Å². The van der Waals surface area contributed by atoms with Gasteiger partial charge in [0.15, 0.2) is 5.13 Å². The Hall–Kier alpha value is -4.48. The third kappa shape index (κ3) is 6.07. The molecule has 0 aliphatic carbocycles. The van der Waals surface area contributed by atoms with Crippen LogP contribution in [-0.2, 0) is 16.0 Å². The summed E-state index contributed by atoms with van der Waals surface area (Å²) in [5.41, 5.74) is 2.65. The van der Waals surface area contributed by atoms with Crippen molar-refractivity contribution in [1.29, 1.82) is 0 Å². The van der Waals surface area contributed by atoms with Gasteiger partial charge in [-0.15, -0.1) is 5.10 Å². The van der Waals surface area contributed by atoms with Crippen LogP contribution in [0, 0.1) is 5.82 Å². The second-order valence-corrected chi connectivity index (χ2v) is 9.63. The molecule has 0 radical (unpaired) electrons. The van der Waals surface area contributed by atoms with Crippen LogP contribution >= 0.6 is 22.9 Å². The van der Waals surface area contributed by atoms with Crippen molar-refractivity contribution in [3.8, 4) is 5.69 Å². The molecule has 2 amide bonds. The van der Waals surface area contributed by atoms with E-state index >= 15 is 0 Å². The van der Waals surface area contributed by atoms with Crippen molar-refractivity contribution in [2.45, 2.75) is 12.5 Å². The summed E-state index contributed by atoms with van der Waals surface area (Å²) in [4.78, 5) is 30.5. The van der Waals surface area contributed by atoms with Crippen molar-refractivity contribution in [2.24, 2.45) is 0 Å². The Morgan fingerprint density at radius 3 is 2.74 bits per heavy atom. The van der Waals surface area contributed by atoms with Crippen molar-refractivity contribution in [3.05, 3.63) is 101 Å². The minimum absolute atomic E-state index is 0.249. The normalized spacial score (nSPS) is 12.1. The number of nitrogens with zero attached hydrogens (tertiary/aromatic N) is 5. The third-order valence-corrected chi connectivity index (χ3v) is 6.66. The van der Waals surface area contributed by atoms with Crippen LogP contribution in [0.2, 0.25) is 5.02 Å². The molecule has 0 aliphatic heterocycles. The predicted octanol–water partition coefficient (Wildman–Crippen LogP) is 4.44. The van der Waals surface area contributed by atoms with Gasteiger partial charge in [-0.05, 0) is 58.5 Å². The number of nitrogens with one attached hydrogen (secondary N) is 2. The van der Waals surface area contributed by atoms with Gasteiger partial charge in [0.1, 0.15) is 18.2 Å². The van der Waals surface area contributed by atoms with Gasteiger partial charge in [0, 0.05) is 23.1 Å². The van der Waals surface area contributed by atoms with E-state index in [2.05, 4.69) is 31.1 Å². The number of tetrazole rings is 1. The average Bonchev–Trinajstić information content (AvgIpc) is 3.57. The molecular weight excluding hydrogens is 529 g/mol. The van der Waals surface area contributed by atoms with E-state index in [0.29, 0.717) is 31.6 Å². The minimum atomic E-state index is -0.906. The predicted molar refractivity (Wildman–Crippen MR) is 143 cm³/mol. The first kappa shape index (κ1) is 25.2. The van der Waals surface area contributed by atoms with Crippen molar-refractivity contribution >= 4 is 56.2 Å². The summed E-state index contributed by atoms with van der Waals surface area (Å²) in [6, 6.07) is 17.7. The van der Waals surface area contributed by atoms with Crippen LogP contribution in [0.3, 0.4) is 0 Å². The highest BCUT2D eigenvalue weighted by Gasteiger charge is 2.22. The molecule has 0 spiro atoms. The maximum atomic E-state index is 13.6. The second kappa shape index (κ2) is 11.3. The smallest absolute Gasteiger partial charge is 0.249 e. The second-order valence-electron chi connectivity index (χ2n) is 8.16. The summed E-state index contributed by atoms with van der Waals surface area (Å²) < 4.78 is 15.6. The number of anilines is 1. The highest BCUT2D eigenvalue weighted by Crippen LogP contribution is 2.26. The van der Waals surface area contributed by atoms with E-state index in [4.69, 9.17) is 11.6 Å². The summed E-state index contributed by atoms with van der Waals surface area (Å²) in [7, 11) is 0. The first-order chi connectivity index (χ1) is 18.4. The number of carbonyl (C=O) groups excluding carboxylic acids is 2. The Kier molecular flexibility index (Phi) is 7.47. The quantitative estimate of drug-likeness (QED) is 0.277. The highest BCUT2D eigenvalue weighted by molar-refractivity contribution is 7.22. The molecule has 3 aromatic carbocycles. The van der Waals surface area contributed by atoms with Crippen molar-refractivity contribution < 1.29 is 14.0 Å². The lowest BCUT2D eigenvalue weighted by molar-refractivity contribution is -0.123. The molecule has 1 atom stereocenters. The minimum Gasteiger partial charge on any atom is -0.340 e. The maximum absolute atomic E-state index is 13.6. The molecule has 9 nitrogen and oxygen atoms in total. The molecule has 5 rings (SSSR count). The molecule has 0 saturated carbocycles. The van der Waals surface area contributed by atoms with Crippen LogP contribution in [0.15, 0.2) is 79.1 Å². The van der Waals surface area contributed by atoms with Gasteiger partial charge in [0.2, 0.25) is 11.8 Å². The largest absolute Gasteiger partial charge is 0.340 e. The number of rotatable bonds is 8. The van der Waals surface area contributed by atoms with E-state index in [9.17, 15) is 14.0 Å². The Labute approximate surface area is 225 Å². The molecule has 1 unspecified atom stereocenters. The van der Waals surface area contributed by atoms with Gasteiger partial charge in [0.25, 0.3) is 0 Å². The lowest BCUT2D eigenvalue weighted by atomic mass is 10.1. The van der Waals surface area contributed by atoms with Gasteiger partial charge in [-0.3, -0.25) is 9.59 Å². The molecule has 0 aliphatic rings. The maximum Gasteiger partial charge on any atom is 0.249 e. The highest BCUT2D eigenvalue weighted by atomic mass is 35.5. The molecule has 2 aromatic heterocycles. The molecule has 0 bridgehead atoms. The number of amides is 2. The first-order valence-electron chi connectivity index (χ1n) is 11.4. The van der Waals surface area contributed by atoms with Gasteiger partial charge in [0.05, 0.1) is 15.9 Å². The van der Waals surface area contributed by atoms with Gasteiger partial charge in [-0.1, -0.05) is 53.3 Å². The molecule has 190 valence electrons. The van der Waals surface area contributed by atoms with Crippen LogP contribution in [0.25, 0.3) is 22.0 Å². The topological polar surface area (TPSA) is 115 Å². The van der Waals surface area contributed by atoms with Gasteiger partial charge < -0.3 is 10.6 Å². The van der Waals surface area contributed by atoms with Crippen LogP contribution < -0.4 is 10.6 Å². The zero-order valence-electron chi connectivity index (χ0n) is 19.6. The van der Waals surface area contributed by atoms with Crippen LogP contribution in [-0.4, -0.2) is 43.0 Å². The zero-order chi connectivity index (χ0) is 26.5. The number of hydrogen-bond acceptors (Lipinski definition) is 7. The number of benzene rings is 3. The summed E-state index contributed by atoms with van der Waals surface area (Å²) in [6.07, 6.45) is 4.55. The van der Waals surface area contributed by atoms with E-state index in [0.717, 1.165) is 16.9 Å². The first-order valence-corrected chi connectivity index (χ1v) is 12.6. The van der Waals surface area contributed by atoms with Crippen molar-refractivity contribution in [3.63, 3.8) is 0 Å². The monoisotopic (exact) mass is 547 g/mol. The molecule has 2 N–H and O–H groups in total. The zero-order valence-corrected chi connectivity index (χ0v) is 21.2. The lowest BCUT2D eigenvalue weighted by Crippen LogP contribution is -2.44. The van der Waals surface area contributed by atoms with Gasteiger partial charge in [-0.2, -0.15) is 4.68 Å². The Bertz CT molecular complexity index is 1620. The summed E-state index contributed by atoms with van der Waals surface area (Å²) in [5, 5.41) is 17.5. The van der Waals surface area contributed by atoms with E-state index in [-0.39, 0.29) is 12.2 Å². The van der Waals surface area contributed by atoms with Gasteiger partial charge >= 0.3 is 0 Å². The fourth-order valence-corrected chi connectivity index (χ4v) is 4.80. The van der Waals surface area contributed by atoms with Crippen LogP contribution in [0.1, 0.15) is 11.1 Å². The molecule has 0 saturated heterocycles. The molecule has 0 fully saturated rings. The summed E-state index contributed by atoms with van der Waals surface area (Å²) in [5.74, 6) is -1.33. The molecule has 5 aromatic rings. The Balaban J connectivity index is 1.35. The van der Waals surface area contributed by atoms with Crippen molar-refractivity contribution in [1.82, 2.24) is 30.5 Å². The fraction of sp³-hybridized carbons (Fsp3) is 0.0769. The fourth-order valence-electron chi connectivity index (χ4n) is 3.73. The van der Waals surface area contributed by atoms with Gasteiger partial charge in [-0.25, -0.2) is 9.37 Å². The Morgan fingerprint density at radius 2 is 1.95 bits per heavy atom. The van der Waals surface area contributed by atoms with E-state index in [1.54, 1.807) is 30.3 Å². The standard InChI is InChI=1S/C26H19ClFN7O2S/c27-18-7-10-22(35-15-29-33-34-35)17(13-18)6-11-24(36)30-21(12-16-4-2-1-3-5-16)25(37)32-26-31-20-9-8-19(28)14-23(20)38-26/h1-11,13-15,21H,12H2,(H,30,36)(H,31,32,37). The van der Waals surface area contributed by atoms with E-state index < -0.39 is 17.9 Å². The number of fused-ring (bicyclic) bond motifs is 1. The third-order valence-electron chi connectivity index (χ3n) is 5.50. The molecule has 2 heterocycles. The van der Waals surface area contributed by atoms with Crippen molar-refractivity contribution in [2.75, 3.05) is 5.32 Å². The summed E-state index contributed by atoms with van der Waals surface area (Å²) >= 11 is 7.30. The average molecular weight is 548 g/mol. The lowest BCUT2D eigenvalue weighted by Gasteiger charge is -2.17. The van der Waals surface area contributed by atoms with E-state index in [1.807, 2.05) is 30.3 Å². The summed E-state index contributed by atoms with van der Waals surface area (Å²) in [6.45, 7) is 0. The number of aromatic nitrogens is 5. The van der Waals surface area contributed by atoms with Crippen LogP contribution in [0.4, 0.5) is 9.52 Å². The molecule has 12 heteroatoms. The SMILES string of the molecule is O=C(C=Cc1cc(Cl)ccc1-n1cnnn1)NC(Cc1ccccc1)C(=O)Nc1nc2ccc(F)cc2s1. The number of halogens is 2. The molecular formula is C26H19ClFN7O2S. The number of hydrogen-bond donors (Lipinski definition) is 2. The number of thiazole rings is 1. The van der Waals surface area contributed by atoms with Crippen LogP contribution in [0.5, 0.6) is 0 Å². The molecule has 38 heavy (non-hydrogen) atoms. The Morgan fingerprint density at radius 1 is 1.11 bits per heavy atom.